The first-order valence-electron chi connectivity index (χ1n) is 10.8. The topological polar surface area (TPSA) is 114 Å². The van der Waals surface area contributed by atoms with Crippen molar-refractivity contribution in [3.8, 4) is 34.3 Å². The summed E-state index contributed by atoms with van der Waals surface area (Å²) in [6.45, 7) is 4.52. The number of hydrogen-bond acceptors (Lipinski definition) is 9. The summed E-state index contributed by atoms with van der Waals surface area (Å²) in [5.41, 5.74) is 2.17. The first-order valence-corrected chi connectivity index (χ1v) is 10.8. The van der Waals surface area contributed by atoms with Gasteiger partial charge in [-0.15, -0.1) is 0 Å². The van der Waals surface area contributed by atoms with Gasteiger partial charge in [-0.05, 0) is 50.2 Å². The van der Waals surface area contributed by atoms with Crippen LogP contribution in [0.25, 0.3) is 33.8 Å². The predicted molar refractivity (Wildman–Crippen MR) is 124 cm³/mol. The summed E-state index contributed by atoms with van der Waals surface area (Å²) in [6.07, 6.45) is 0. The number of aromatic nitrogens is 2. The second kappa shape index (κ2) is 9.93. The van der Waals surface area contributed by atoms with E-state index in [-0.39, 0.29) is 13.2 Å². The SMILES string of the molecule is CCOc1ccc(-c2nc(-c3ccc4oc(N(C)C(CO)CO)cc4c3)no2)cc1OCC. The molecular weight excluding hydrogens is 426 g/mol. The van der Waals surface area contributed by atoms with Crippen LogP contribution in [0.4, 0.5) is 5.88 Å². The van der Waals surface area contributed by atoms with E-state index in [1.807, 2.05) is 56.3 Å². The van der Waals surface area contributed by atoms with E-state index in [0.717, 1.165) is 16.5 Å². The van der Waals surface area contributed by atoms with Gasteiger partial charge in [-0.2, -0.15) is 4.98 Å². The van der Waals surface area contributed by atoms with Crippen LogP contribution in [0.2, 0.25) is 0 Å². The normalized spacial score (nSPS) is 11.3. The second-order valence-corrected chi connectivity index (χ2v) is 7.42. The van der Waals surface area contributed by atoms with Crippen molar-refractivity contribution in [2.45, 2.75) is 19.9 Å². The number of aliphatic hydroxyl groups excluding tert-OH is 2. The minimum absolute atomic E-state index is 0.183. The number of nitrogens with zero attached hydrogens (tertiary/aromatic N) is 3. The van der Waals surface area contributed by atoms with Crippen LogP contribution in [0.1, 0.15) is 13.8 Å². The number of hydrogen-bond donors (Lipinski definition) is 2. The lowest BCUT2D eigenvalue weighted by Gasteiger charge is -2.23. The molecular formula is C24H27N3O6. The lowest BCUT2D eigenvalue weighted by Crippen LogP contribution is -2.37. The first kappa shape index (κ1) is 22.6. The number of ether oxygens (including phenoxy) is 2. The Balaban J connectivity index is 1.62. The zero-order valence-electron chi connectivity index (χ0n) is 18.8. The summed E-state index contributed by atoms with van der Waals surface area (Å²) in [4.78, 5) is 6.25. The standard InChI is InChI=1S/C24H27N3O6/c1-4-30-20-9-7-16(11-21(20)31-5-2)24-25-23(26-33-24)15-6-8-19-17(10-15)12-22(32-19)27(3)18(13-28)14-29/h6-12,18,28-29H,4-5,13-14H2,1-3H3. The number of likely N-dealkylation sites (N-methyl/N-ethyl adjacent to an activating group) is 1. The Morgan fingerprint density at radius 1 is 0.939 bits per heavy atom. The van der Waals surface area contributed by atoms with Gasteiger partial charge in [0.15, 0.2) is 17.4 Å². The maximum atomic E-state index is 9.43. The number of aliphatic hydroxyl groups is 2. The number of anilines is 1. The van der Waals surface area contributed by atoms with Crippen LogP contribution in [-0.4, -0.2) is 59.9 Å². The zero-order valence-corrected chi connectivity index (χ0v) is 18.8. The fourth-order valence-electron chi connectivity index (χ4n) is 3.47. The molecule has 2 N–H and O–H groups in total. The lowest BCUT2D eigenvalue weighted by molar-refractivity contribution is 0.188. The molecule has 9 nitrogen and oxygen atoms in total. The van der Waals surface area contributed by atoms with Crippen molar-refractivity contribution < 1.29 is 28.6 Å². The Kier molecular flexibility index (Phi) is 6.81. The molecule has 174 valence electrons. The fraction of sp³-hybridized carbons (Fsp3) is 0.333. The van der Waals surface area contributed by atoms with Gasteiger partial charge in [-0.1, -0.05) is 5.16 Å². The molecule has 0 saturated carbocycles. The average molecular weight is 453 g/mol. The highest BCUT2D eigenvalue weighted by Crippen LogP contribution is 2.34. The minimum Gasteiger partial charge on any atom is -0.490 e. The molecule has 33 heavy (non-hydrogen) atoms. The summed E-state index contributed by atoms with van der Waals surface area (Å²) < 4.78 is 22.7. The zero-order chi connectivity index (χ0) is 23.4. The Morgan fingerprint density at radius 3 is 2.39 bits per heavy atom. The highest BCUT2D eigenvalue weighted by Gasteiger charge is 2.18. The van der Waals surface area contributed by atoms with E-state index in [0.29, 0.717) is 47.9 Å². The van der Waals surface area contributed by atoms with Crippen molar-refractivity contribution >= 4 is 16.9 Å². The van der Waals surface area contributed by atoms with Gasteiger partial charge < -0.3 is 33.5 Å². The van der Waals surface area contributed by atoms with Crippen molar-refractivity contribution in [1.82, 2.24) is 10.1 Å². The van der Waals surface area contributed by atoms with E-state index in [4.69, 9.17) is 18.4 Å². The largest absolute Gasteiger partial charge is 0.490 e. The van der Waals surface area contributed by atoms with E-state index in [1.165, 1.54) is 0 Å². The van der Waals surface area contributed by atoms with Gasteiger partial charge in [0, 0.05) is 29.6 Å². The van der Waals surface area contributed by atoms with Gasteiger partial charge in [0.05, 0.1) is 32.5 Å². The molecule has 0 radical (unpaired) electrons. The van der Waals surface area contributed by atoms with Crippen LogP contribution in [0.5, 0.6) is 11.5 Å². The molecule has 0 saturated heterocycles. The van der Waals surface area contributed by atoms with E-state index in [2.05, 4.69) is 10.1 Å². The minimum atomic E-state index is -0.444. The Bertz CT molecular complexity index is 1210. The van der Waals surface area contributed by atoms with Crippen LogP contribution in [0.15, 0.2) is 51.4 Å². The maximum absolute atomic E-state index is 9.43. The molecule has 4 aromatic rings. The second-order valence-electron chi connectivity index (χ2n) is 7.42. The van der Waals surface area contributed by atoms with Gasteiger partial charge >= 0.3 is 0 Å². The molecule has 0 atom stereocenters. The number of benzene rings is 2. The molecule has 0 unspecified atom stereocenters. The molecule has 0 aliphatic heterocycles. The lowest BCUT2D eigenvalue weighted by atomic mass is 10.1. The van der Waals surface area contributed by atoms with Gasteiger partial charge in [0.1, 0.15) is 5.58 Å². The van der Waals surface area contributed by atoms with Crippen molar-refractivity contribution in [3.63, 3.8) is 0 Å². The van der Waals surface area contributed by atoms with E-state index >= 15 is 0 Å². The fourth-order valence-corrected chi connectivity index (χ4v) is 3.47. The van der Waals surface area contributed by atoms with Gasteiger partial charge in [0.2, 0.25) is 5.82 Å². The molecule has 2 heterocycles. The van der Waals surface area contributed by atoms with Crippen LogP contribution in [-0.2, 0) is 0 Å². The van der Waals surface area contributed by atoms with Crippen molar-refractivity contribution in [2.75, 3.05) is 38.4 Å². The molecule has 4 rings (SSSR count). The predicted octanol–water partition coefficient (Wildman–Crippen LogP) is 3.74. The molecule has 0 bridgehead atoms. The van der Waals surface area contributed by atoms with Crippen LogP contribution >= 0.6 is 0 Å². The number of rotatable bonds is 10. The third kappa shape index (κ3) is 4.64. The molecule has 0 amide bonds. The molecule has 2 aromatic carbocycles. The van der Waals surface area contributed by atoms with E-state index in [1.54, 1.807) is 11.9 Å². The molecule has 0 fully saturated rings. The monoisotopic (exact) mass is 453 g/mol. The van der Waals surface area contributed by atoms with Crippen LogP contribution in [0, 0.1) is 0 Å². The van der Waals surface area contributed by atoms with E-state index < -0.39 is 6.04 Å². The molecule has 9 heteroatoms. The summed E-state index contributed by atoms with van der Waals surface area (Å²) in [7, 11) is 1.76. The third-order valence-corrected chi connectivity index (χ3v) is 5.29. The maximum Gasteiger partial charge on any atom is 0.258 e. The molecule has 0 aliphatic carbocycles. The summed E-state index contributed by atoms with van der Waals surface area (Å²) in [5, 5.41) is 23.8. The third-order valence-electron chi connectivity index (χ3n) is 5.29. The molecule has 2 aromatic heterocycles. The molecule has 0 aliphatic rings. The molecule has 0 spiro atoms. The van der Waals surface area contributed by atoms with Crippen molar-refractivity contribution in [3.05, 3.63) is 42.5 Å². The Morgan fingerprint density at radius 2 is 1.67 bits per heavy atom. The van der Waals surface area contributed by atoms with Gasteiger partial charge in [-0.25, -0.2) is 0 Å². The number of furan rings is 1. The summed E-state index contributed by atoms with van der Waals surface area (Å²) >= 11 is 0. The highest BCUT2D eigenvalue weighted by molar-refractivity contribution is 5.85. The number of fused-ring (bicyclic) bond motifs is 1. The van der Waals surface area contributed by atoms with Crippen LogP contribution in [0.3, 0.4) is 0 Å². The van der Waals surface area contributed by atoms with Gasteiger partial charge in [0.25, 0.3) is 5.89 Å². The Hall–Kier alpha value is -3.56. The summed E-state index contributed by atoms with van der Waals surface area (Å²) in [5.74, 6) is 2.64. The highest BCUT2D eigenvalue weighted by atomic mass is 16.5. The van der Waals surface area contributed by atoms with Gasteiger partial charge in [-0.3, -0.25) is 0 Å². The van der Waals surface area contributed by atoms with Crippen molar-refractivity contribution in [2.24, 2.45) is 0 Å². The smallest absolute Gasteiger partial charge is 0.258 e. The average Bonchev–Trinajstić information content (AvgIpc) is 3.48. The summed E-state index contributed by atoms with van der Waals surface area (Å²) in [6, 6.07) is 12.5. The quantitative estimate of drug-likeness (QED) is 0.371. The first-order chi connectivity index (χ1) is 16.1. The van der Waals surface area contributed by atoms with E-state index in [9.17, 15) is 10.2 Å². The van der Waals surface area contributed by atoms with Crippen LogP contribution < -0.4 is 14.4 Å². The Labute approximate surface area is 191 Å². The van der Waals surface area contributed by atoms with Crippen molar-refractivity contribution in [1.29, 1.82) is 0 Å².